The Hall–Kier alpha value is -0.610. The molecule has 1 aliphatic rings. The molecule has 1 heterocycles. The molecule has 4 unspecified atom stereocenters. The molecule has 3 N–H and O–H groups in total. The maximum absolute atomic E-state index is 11.8. The minimum atomic E-state index is -0.400. The first-order valence-electron chi connectivity index (χ1n) is 5.73. The first kappa shape index (κ1) is 12.5. The van der Waals surface area contributed by atoms with Crippen molar-refractivity contribution in [2.45, 2.75) is 51.8 Å². The predicted octanol–water partition coefficient (Wildman–Crippen LogP) is 0.653. The Balaban J connectivity index is 2.40. The summed E-state index contributed by atoms with van der Waals surface area (Å²) in [4.78, 5) is 11.8. The summed E-state index contributed by atoms with van der Waals surface area (Å²) in [5.74, 6) is 0.175. The van der Waals surface area contributed by atoms with Gasteiger partial charge in [0.1, 0.15) is 0 Å². The summed E-state index contributed by atoms with van der Waals surface area (Å²) < 4.78 is 5.38. The SMILES string of the molecule is CCC(C)C(N)C(=O)NC1CCOC1C. The molecule has 4 nitrogen and oxygen atoms in total. The molecule has 1 fully saturated rings. The van der Waals surface area contributed by atoms with Crippen molar-refractivity contribution in [1.82, 2.24) is 5.32 Å². The van der Waals surface area contributed by atoms with Crippen LogP contribution in [0.1, 0.15) is 33.6 Å². The van der Waals surface area contributed by atoms with Crippen molar-refractivity contribution < 1.29 is 9.53 Å². The van der Waals surface area contributed by atoms with E-state index in [0.717, 1.165) is 19.4 Å². The second kappa shape index (κ2) is 5.47. The molecule has 1 amide bonds. The number of carbonyl (C=O) groups excluding carboxylic acids is 1. The van der Waals surface area contributed by atoms with E-state index in [9.17, 15) is 4.79 Å². The second-order valence-electron chi connectivity index (χ2n) is 4.39. The van der Waals surface area contributed by atoms with Crippen LogP contribution < -0.4 is 11.1 Å². The second-order valence-corrected chi connectivity index (χ2v) is 4.39. The number of ether oxygens (including phenoxy) is 1. The fraction of sp³-hybridized carbons (Fsp3) is 0.909. The lowest BCUT2D eigenvalue weighted by atomic mass is 9.99. The molecule has 15 heavy (non-hydrogen) atoms. The number of nitrogens with one attached hydrogen (secondary N) is 1. The molecule has 1 rings (SSSR count). The van der Waals surface area contributed by atoms with Crippen LogP contribution in [0.5, 0.6) is 0 Å². The Morgan fingerprint density at radius 1 is 1.67 bits per heavy atom. The molecule has 0 aromatic heterocycles. The van der Waals surface area contributed by atoms with Gasteiger partial charge in [0.05, 0.1) is 18.2 Å². The third-order valence-electron chi connectivity index (χ3n) is 3.26. The van der Waals surface area contributed by atoms with Crippen LogP contribution in [-0.2, 0) is 9.53 Å². The van der Waals surface area contributed by atoms with Crippen LogP contribution >= 0.6 is 0 Å². The lowest BCUT2D eigenvalue weighted by Crippen LogP contribution is -2.50. The van der Waals surface area contributed by atoms with Gasteiger partial charge < -0.3 is 15.8 Å². The van der Waals surface area contributed by atoms with E-state index in [1.165, 1.54) is 0 Å². The summed E-state index contributed by atoms with van der Waals surface area (Å²) in [7, 11) is 0. The van der Waals surface area contributed by atoms with Gasteiger partial charge in [0.25, 0.3) is 0 Å². The predicted molar refractivity (Wildman–Crippen MR) is 59.4 cm³/mol. The highest BCUT2D eigenvalue weighted by atomic mass is 16.5. The van der Waals surface area contributed by atoms with Gasteiger partial charge in [-0.05, 0) is 19.3 Å². The third kappa shape index (κ3) is 3.18. The van der Waals surface area contributed by atoms with Gasteiger partial charge in [-0.25, -0.2) is 0 Å². The lowest BCUT2D eigenvalue weighted by molar-refractivity contribution is -0.124. The van der Waals surface area contributed by atoms with Crippen molar-refractivity contribution in [3.8, 4) is 0 Å². The zero-order valence-corrected chi connectivity index (χ0v) is 9.82. The van der Waals surface area contributed by atoms with Gasteiger partial charge in [0, 0.05) is 6.61 Å². The van der Waals surface area contributed by atoms with Gasteiger partial charge in [-0.2, -0.15) is 0 Å². The van der Waals surface area contributed by atoms with Crippen molar-refractivity contribution >= 4 is 5.91 Å². The Morgan fingerprint density at radius 3 is 2.80 bits per heavy atom. The molecule has 0 radical (unpaired) electrons. The van der Waals surface area contributed by atoms with E-state index in [2.05, 4.69) is 5.32 Å². The summed E-state index contributed by atoms with van der Waals surface area (Å²) in [6.45, 7) is 6.75. The quantitative estimate of drug-likeness (QED) is 0.722. The van der Waals surface area contributed by atoms with Crippen LogP contribution in [0.4, 0.5) is 0 Å². The summed E-state index contributed by atoms with van der Waals surface area (Å²) in [6, 6.07) is -0.268. The van der Waals surface area contributed by atoms with Crippen LogP contribution in [0.25, 0.3) is 0 Å². The molecule has 0 aromatic carbocycles. The van der Waals surface area contributed by atoms with Gasteiger partial charge >= 0.3 is 0 Å². The van der Waals surface area contributed by atoms with E-state index in [1.54, 1.807) is 0 Å². The molecule has 4 heteroatoms. The molecule has 1 saturated heterocycles. The summed E-state index contributed by atoms with van der Waals surface area (Å²) in [5.41, 5.74) is 5.84. The molecule has 0 aromatic rings. The number of carbonyl (C=O) groups is 1. The number of amides is 1. The minimum absolute atomic E-state index is 0.0494. The highest BCUT2D eigenvalue weighted by Crippen LogP contribution is 2.13. The normalized spacial score (nSPS) is 29.9. The summed E-state index contributed by atoms with van der Waals surface area (Å²) in [6.07, 6.45) is 1.92. The van der Waals surface area contributed by atoms with Gasteiger partial charge in [0.2, 0.25) is 5.91 Å². The topological polar surface area (TPSA) is 64.4 Å². The van der Waals surface area contributed by atoms with E-state index in [4.69, 9.17) is 10.5 Å². The van der Waals surface area contributed by atoms with Crippen molar-refractivity contribution in [3.63, 3.8) is 0 Å². The van der Waals surface area contributed by atoms with Crippen LogP contribution in [-0.4, -0.2) is 30.7 Å². The Kier molecular flexibility index (Phi) is 4.54. The zero-order valence-electron chi connectivity index (χ0n) is 9.82. The lowest BCUT2D eigenvalue weighted by Gasteiger charge is -2.22. The number of hydrogen-bond donors (Lipinski definition) is 2. The van der Waals surface area contributed by atoms with Crippen molar-refractivity contribution in [1.29, 1.82) is 0 Å². The molecule has 88 valence electrons. The highest BCUT2D eigenvalue weighted by Gasteiger charge is 2.28. The van der Waals surface area contributed by atoms with E-state index >= 15 is 0 Å². The Bertz CT molecular complexity index is 221. The number of rotatable bonds is 4. The maximum Gasteiger partial charge on any atom is 0.237 e. The van der Waals surface area contributed by atoms with Gasteiger partial charge in [0.15, 0.2) is 0 Å². The van der Waals surface area contributed by atoms with Gasteiger partial charge in [-0.1, -0.05) is 20.3 Å². The molecular weight excluding hydrogens is 192 g/mol. The van der Waals surface area contributed by atoms with Crippen LogP contribution in [0.2, 0.25) is 0 Å². The molecule has 1 aliphatic heterocycles. The number of nitrogens with two attached hydrogens (primary N) is 1. The van der Waals surface area contributed by atoms with E-state index in [1.807, 2.05) is 20.8 Å². The average Bonchev–Trinajstić information content (AvgIpc) is 2.62. The third-order valence-corrected chi connectivity index (χ3v) is 3.26. The molecular formula is C11H22N2O2. The largest absolute Gasteiger partial charge is 0.376 e. The molecule has 0 bridgehead atoms. The summed E-state index contributed by atoms with van der Waals surface area (Å²) in [5, 5.41) is 2.95. The molecule has 4 atom stereocenters. The van der Waals surface area contributed by atoms with Gasteiger partial charge in [-0.15, -0.1) is 0 Å². The van der Waals surface area contributed by atoms with E-state index < -0.39 is 6.04 Å². The Morgan fingerprint density at radius 2 is 2.33 bits per heavy atom. The first-order valence-corrected chi connectivity index (χ1v) is 5.73. The fourth-order valence-corrected chi connectivity index (χ4v) is 1.71. The Labute approximate surface area is 91.5 Å². The fourth-order valence-electron chi connectivity index (χ4n) is 1.71. The molecule has 0 saturated carbocycles. The van der Waals surface area contributed by atoms with Gasteiger partial charge in [-0.3, -0.25) is 4.79 Å². The van der Waals surface area contributed by atoms with E-state index in [-0.39, 0.29) is 24.0 Å². The monoisotopic (exact) mass is 214 g/mol. The highest BCUT2D eigenvalue weighted by molar-refractivity contribution is 5.82. The van der Waals surface area contributed by atoms with Crippen molar-refractivity contribution in [2.24, 2.45) is 11.7 Å². The average molecular weight is 214 g/mol. The molecule has 0 spiro atoms. The maximum atomic E-state index is 11.8. The minimum Gasteiger partial charge on any atom is -0.376 e. The van der Waals surface area contributed by atoms with Crippen LogP contribution in [0, 0.1) is 5.92 Å². The van der Waals surface area contributed by atoms with Crippen molar-refractivity contribution in [3.05, 3.63) is 0 Å². The smallest absolute Gasteiger partial charge is 0.237 e. The van der Waals surface area contributed by atoms with Crippen LogP contribution in [0.15, 0.2) is 0 Å². The van der Waals surface area contributed by atoms with Crippen LogP contribution in [0.3, 0.4) is 0 Å². The number of hydrogen-bond acceptors (Lipinski definition) is 3. The standard InChI is InChI=1S/C11H22N2O2/c1-4-7(2)10(12)11(14)13-9-5-6-15-8(9)3/h7-10H,4-6,12H2,1-3H3,(H,13,14). The first-order chi connectivity index (χ1) is 7.06. The zero-order chi connectivity index (χ0) is 11.4. The van der Waals surface area contributed by atoms with Crippen molar-refractivity contribution in [2.75, 3.05) is 6.61 Å². The van der Waals surface area contributed by atoms with E-state index in [0.29, 0.717) is 0 Å². The summed E-state index contributed by atoms with van der Waals surface area (Å²) >= 11 is 0. The molecule has 0 aliphatic carbocycles.